The Hall–Kier alpha value is -1.30. The number of rotatable bonds is 5. The summed E-state index contributed by atoms with van der Waals surface area (Å²) in [6.07, 6.45) is 5.50. The lowest BCUT2D eigenvalue weighted by Crippen LogP contribution is -2.49. The maximum Gasteiger partial charge on any atom is 0.315 e. The normalized spacial score (nSPS) is 28.0. The van der Waals surface area contributed by atoms with Crippen LogP contribution in [0.3, 0.4) is 0 Å². The molecule has 0 aromatic carbocycles. The summed E-state index contributed by atoms with van der Waals surface area (Å²) in [6, 6.07) is -0.0708. The van der Waals surface area contributed by atoms with Gasteiger partial charge in [0.1, 0.15) is 0 Å². The molecule has 1 aliphatic carbocycles. The van der Waals surface area contributed by atoms with Crippen molar-refractivity contribution in [1.82, 2.24) is 15.5 Å². The van der Waals surface area contributed by atoms with Crippen LogP contribution in [0, 0.1) is 5.92 Å². The Bertz CT molecular complexity index is 369. The van der Waals surface area contributed by atoms with E-state index in [-0.39, 0.29) is 24.0 Å². The van der Waals surface area contributed by atoms with E-state index in [2.05, 4.69) is 15.5 Å². The topological polar surface area (TPSA) is 81.7 Å². The molecule has 0 radical (unpaired) electrons. The van der Waals surface area contributed by atoms with E-state index >= 15 is 0 Å². The van der Waals surface area contributed by atoms with Gasteiger partial charge in [0.2, 0.25) is 0 Å². The first kappa shape index (κ1) is 16.1. The molecule has 0 aromatic heterocycles. The van der Waals surface area contributed by atoms with Crippen molar-refractivity contribution in [2.75, 3.05) is 19.6 Å². The minimum Gasteiger partial charge on any atom is -0.481 e. The molecule has 2 amide bonds. The number of hydrogen-bond acceptors (Lipinski definition) is 3. The fourth-order valence-electron chi connectivity index (χ4n) is 3.39. The lowest BCUT2D eigenvalue weighted by Gasteiger charge is -2.28. The second-order valence-electron chi connectivity index (χ2n) is 6.43. The molecule has 1 saturated heterocycles. The van der Waals surface area contributed by atoms with Crippen LogP contribution in [0.1, 0.15) is 45.4 Å². The summed E-state index contributed by atoms with van der Waals surface area (Å²) < 4.78 is 0. The van der Waals surface area contributed by atoms with Crippen LogP contribution in [0.25, 0.3) is 0 Å². The highest BCUT2D eigenvalue weighted by molar-refractivity contribution is 5.75. The fraction of sp³-hybridized carbons (Fsp3) is 0.867. The second-order valence-corrected chi connectivity index (χ2v) is 6.43. The molecule has 1 heterocycles. The van der Waals surface area contributed by atoms with E-state index in [1.165, 1.54) is 12.8 Å². The van der Waals surface area contributed by atoms with Crippen molar-refractivity contribution in [3.05, 3.63) is 0 Å². The van der Waals surface area contributed by atoms with E-state index in [1.54, 1.807) is 0 Å². The number of amides is 2. The summed E-state index contributed by atoms with van der Waals surface area (Å²) in [7, 11) is 0. The van der Waals surface area contributed by atoms with Gasteiger partial charge in [0.25, 0.3) is 0 Å². The van der Waals surface area contributed by atoms with E-state index in [1.807, 2.05) is 6.92 Å². The molecule has 0 bridgehead atoms. The Labute approximate surface area is 126 Å². The van der Waals surface area contributed by atoms with Crippen LogP contribution in [-0.4, -0.2) is 53.7 Å². The van der Waals surface area contributed by atoms with Crippen LogP contribution < -0.4 is 10.6 Å². The molecule has 0 spiro atoms. The molecule has 3 unspecified atom stereocenters. The molecule has 2 rings (SSSR count). The summed E-state index contributed by atoms with van der Waals surface area (Å²) in [5.41, 5.74) is 0. The molecule has 1 saturated carbocycles. The van der Waals surface area contributed by atoms with Gasteiger partial charge in [0, 0.05) is 18.6 Å². The van der Waals surface area contributed by atoms with Gasteiger partial charge < -0.3 is 20.6 Å². The van der Waals surface area contributed by atoms with Gasteiger partial charge in [-0.1, -0.05) is 6.42 Å². The van der Waals surface area contributed by atoms with Crippen molar-refractivity contribution in [3.8, 4) is 0 Å². The first-order chi connectivity index (χ1) is 10.0. The minimum absolute atomic E-state index is 0.0150. The number of carboxylic acids is 1. The Morgan fingerprint density at radius 3 is 2.62 bits per heavy atom. The zero-order valence-electron chi connectivity index (χ0n) is 12.8. The number of urea groups is 1. The Kier molecular flexibility index (Phi) is 5.85. The number of hydrogen-bond donors (Lipinski definition) is 3. The molecular weight excluding hydrogens is 270 g/mol. The Morgan fingerprint density at radius 1 is 1.24 bits per heavy atom. The van der Waals surface area contributed by atoms with Gasteiger partial charge in [-0.2, -0.15) is 0 Å². The van der Waals surface area contributed by atoms with Crippen molar-refractivity contribution < 1.29 is 14.7 Å². The highest BCUT2D eigenvalue weighted by atomic mass is 16.4. The van der Waals surface area contributed by atoms with Crippen molar-refractivity contribution in [1.29, 1.82) is 0 Å². The summed E-state index contributed by atoms with van der Waals surface area (Å²) in [4.78, 5) is 25.4. The quantitative estimate of drug-likeness (QED) is 0.716. The predicted octanol–water partition coefficient (Wildman–Crippen LogP) is 1.41. The van der Waals surface area contributed by atoms with Crippen molar-refractivity contribution >= 4 is 12.0 Å². The van der Waals surface area contributed by atoms with Gasteiger partial charge in [-0.3, -0.25) is 4.79 Å². The van der Waals surface area contributed by atoms with Gasteiger partial charge in [-0.25, -0.2) is 4.79 Å². The van der Waals surface area contributed by atoms with Crippen molar-refractivity contribution in [3.63, 3.8) is 0 Å². The fourth-order valence-corrected chi connectivity index (χ4v) is 3.39. The number of likely N-dealkylation sites (tertiary alicyclic amines) is 1. The third kappa shape index (κ3) is 5.19. The maximum atomic E-state index is 12.0. The molecule has 120 valence electrons. The number of carboxylic acid groups (broad SMARTS) is 1. The molecular formula is C15H27N3O3. The molecule has 3 atom stereocenters. The lowest BCUT2D eigenvalue weighted by atomic mass is 9.86. The minimum atomic E-state index is -0.746. The number of nitrogens with one attached hydrogen (secondary N) is 2. The highest BCUT2D eigenvalue weighted by Crippen LogP contribution is 2.24. The average Bonchev–Trinajstić information content (AvgIpc) is 2.91. The van der Waals surface area contributed by atoms with Crippen LogP contribution in [0.5, 0.6) is 0 Å². The smallest absolute Gasteiger partial charge is 0.315 e. The third-order valence-corrected chi connectivity index (χ3v) is 4.47. The second kappa shape index (κ2) is 7.64. The van der Waals surface area contributed by atoms with Gasteiger partial charge in [0.15, 0.2) is 0 Å². The van der Waals surface area contributed by atoms with E-state index in [0.29, 0.717) is 6.42 Å². The van der Waals surface area contributed by atoms with E-state index < -0.39 is 5.97 Å². The largest absolute Gasteiger partial charge is 0.481 e. The van der Waals surface area contributed by atoms with E-state index in [4.69, 9.17) is 5.11 Å². The number of nitrogens with zero attached hydrogens (tertiary/aromatic N) is 1. The SMILES string of the molecule is CC(CN1CCCC1)NC(=O)NC1CCCC(C(=O)O)C1. The summed E-state index contributed by atoms with van der Waals surface area (Å²) in [5, 5.41) is 14.9. The lowest BCUT2D eigenvalue weighted by molar-refractivity contribution is -0.143. The standard InChI is InChI=1S/C15H27N3O3/c1-11(10-18-7-2-3-8-18)16-15(21)17-13-6-4-5-12(9-13)14(19)20/h11-13H,2-10H2,1H3,(H,19,20)(H2,16,17,21). The van der Waals surface area contributed by atoms with Gasteiger partial charge >= 0.3 is 12.0 Å². The molecule has 6 nitrogen and oxygen atoms in total. The maximum absolute atomic E-state index is 12.0. The zero-order valence-corrected chi connectivity index (χ0v) is 12.8. The first-order valence-corrected chi connectivity index (χ1v) is 8.07. The molecule has 0 aromatic rings. The number of aliphatic carboxylic acids is 1. The van der Waals surface area contributed by atoms with E-state index in [9.17, 15) is 9.59 Å². The molecule has 2 fully saturated rings. The molecule has 3 N–H and O–H groups in total. The molecule has 2 aliphatic rings. The number of carbonyl (C=O) groups excluding carboxylic acids is 1. The highest BCUT2D eigenvalue weighted by Gasteiger charge is 2.28. The number of carbonyl (C=O) groups is 2. The third-order valence-electron chi connectivity index (χ3n) is 4.47. The summed E-state index contributed by atoms with van der Waals surface area (Å²) in [6.45, 7) is 5.14. The van der Waals surface area contributed by atoms with Gasteiger partial charge in [-0.05, 0) is 52.1 Å². The molecule has 1 aliphatic heterocycles. The summed E-state index contributed by atoms with van der Waals surface area (Å²) in [5.74, 6) is -1.06. The van der Waals surface area contributed by atoms with Crippen LogP contribution in [0.4, 0.5) is 4.79 Å². The van der Waals surface area contributed by atoms with E-state index in [0.717, 1.165) is 38.9 Å². The van der Waals surface area contributed by atoms with Crippen LogP contribution >= 0.6 is 0 Å². The molecule has 21 heavy (non-hydrogen) atoms. The average molecular weight is 297 g/mol. The summed E-state index contributed by atoms with van der Waals surface area (Å²) >= 11 is 0. The van der Waals surface area contributed by atoms with Gasteiger partial charge in [0.05, 0.1) is 5.92 Å². The van der Waals surface area contributed by atoms with Crippen LogP contribution in [0.15, 0.2) is 0 Å². The first-order valence-electron chi connectivity index (χ1n) is 8.07. The van der Waals surface area contributed by atoms with Crippen LogP contribution in [0.2, 0.25) is 0 Å². The monoisotopic (exact) mass is 297 g/mol. The Morgan fingerprint density at radius 2 is 1.95 bits per heavy atom. The van der Waals surface area contributed by atoms with Crippen molar-refractivity contribution in [2.24, 2.45) is 5.92 Å². The zero-order chi connectivity index (χ0) is 15.2. The Balaban J connectivity index is 1.69. The van der Waals surface area contributed by atoms with Gasteiger partial charge in [-0.15, -0.1) is 0 Å². The molecule has 6 heteroatoms. The van der Waals surface area contributed by atoms with Crippen LogP contribution in [-0.2, 0) is 4.79 Å². The predicted molar refractivity (Wildman–Crippen MR) is 80.2 cm³/mol. The van der Waals surface area contributed by atoms with Crippen molar-refractivity contribution in [2.45, 2.75) is 57.5 Å².